The molecule has 1 aromatic carbocycles. The van der Waals surface area contributed by atoms with Crippen LogP contribution in [0.4, 0.5) is 0 Å². The second kappa shape index (κ2) is 6.21. The summed E-state index contributed by atoms with van der Waals surface area (Å²) in [7, 11) is 1.46. The Kier molecular flexibility index (Phi) is 4.61. The molecular weight excluding hydrogens is 250 g/mol. The molecule has 0 saturated heterocycles. The van der Waals surface area contributed by atoms with Gasteiger partial charge in [-0.1, -0.05) is 36.6 Å². The molecule has 18 heavy (non-hydrogen) atoms. The molecule has 1 atom stereocenters. The summed E-state index contributed by atoms with van der Waals surface area (Å²) in [5.41, 5.74) is 3.48. The monoisotopic (exact) mass is 267 g/mol. The SMILES string of the molecule is CONC(=O)C(c1ccc(Cl)cc1)C1CCCC1. The van der Waals surface area contributed by atoms with Gasteiger partial charge in [-0.05, 0) is 36.5 Å². The molecule has 0 spiro atoms. The van der Waals surface area contributed by atoms with Gasteiger partial charge in [0.25, 0.3) is 5.91 Å². The third kappa shape index (κ3) is 3.03. The third-order valence-electron chi connectivity index (χ3n) is 3.59. The largest absolute Gasteiger partial charge is 0.277 e. The van der Waals surface area contributed by atoms with Crippen LogP contribution in [0.25, 0.3) is 0 Å². The smallest absolute Gasteiger partial charge is 0.251 e. The van der Waals surface area contributed by atoms with E-state index in [0.29, 0.717) is 10.9 Å². The summed E-state index contributed by atoms with van der Waals surface area (Å²) >= 11 is 5.89. The lowest BCUT2D eigenvalue weighted by Crippen LogP contribution is -2.32. The van der Waals surface area contributed by atoms with Crippen LogP contribution in [0.2, 0.25) is 5.02 Å². The molecule has 98 valence electrons. The highest BCUT2D eigenvalue weighted by Crippen LogP contribution is 2.37. The fourth-order valence-corrected chi connectivity index (χ4v) is 2.89. The van der Waals surface area contributed by atoms with E-state index in [0.717, 1.165) is 18.4 Å². The minimum atomic E-state index is -0.135. The van der Waals surface area contributed by atoms with Crippen LogP contribution in [0, 0.1) is 5.92 Å². The fraction of sp³-hybridized carbons (Fsp3) is 0.500. The number of amides is 1. The minimum Gasteiger partial charge on any atom is -0.277 e. The molecule has 1 saturated carbocycles. The molecule has 1 aliphatic rings. The van der Waals surface area contributed by atoms with Gasteiger partial charge >= 0.3 is 0 Å². The fourth-order valence-electron chi connectivity index (χ4n) is 2.76. The number of rotatable bonds is 4. The normalized spacial score (nSPS) is 17.7. The van der Waals surface area contributed by atoms with Gasteiger partial charge in [0.05, 0.1) is 13.0 Å². The summed E-state index contributed by atoms with van der Waals surface area (Å²) in [4.78, 5) is 16.9. The highest BCUT2D eigenvalue weighted by atomic mass is 35.5. The van der Waals surface area contributed by atoms with E-state index in [1.165, 1.54) is 20.0 Å². The Morgan fingerprint density at radius 1 is 1.33 bits per heavy atom. The maximum atomic E-state index is 12.1. The zero-order valence-electron chi connectivity index (χ0n) is 10.5. The van der Waals surface area contributed by atoms with Crippen LogP contribution < -0.4 is 5.48 Å². The minimum absolute atomic E-state index is 0.0632. The number of hydrogen-bond donors (Lipinski definition) is 1. The van der Waals surface area contributed by atoms with Crippen LogP contribution in [0.1, 0.15) is 37.2 Å². The molecule has 0 heterocycles. The Labute approximate surface area is 112 Å². The van der Waals surface area contributed by atoms with Crippen LogP contribution in [-0.2, 0) is 9.63 Å². The summed E-state index contributed by atoms with van der Waals surface area (Å²) in [5.74, 6) is 0.206. The Balaban J connectivity index is 2.22. The molecule has 1 fully saturated rings. The number of benzene rings is 1. The molecule has 1 aromatic rings. The first-order valence-electron chi connectivity index (χ1n) is 6.30. The van der Waals surface area contributed by atoms with E-state index in [4.69, 9.17) is 16.4 Å². The van der Waals surface area contributed by atoms with Crippen molar-refractivity contribution in [3.05, 3.63) is 34.9 Å². The van der Waals surface area contributed by atoms with E-state index < -0.39 is 0 Å². The van der Waals surface area contributed by atoms with Crippen molar-refractivity contribution in [2.45, 2.75) is 31.6 Å². The van der Waals surface area contributed by atoms with Crippen LogP contribution >= 0.6 is 11.6 Å². The van der Waals surface area contributed by atoms with Crippen molar-refractivity contribution >= 4 is 17.5 Å². The molecule has 1 N–H and O–H groups in total. The van der Waals surface area contributed by atoms with Gasteiger partial charge in [0.2, 0.25) is 0 Å². The molecule has 0 bridgehead atoms. The highest BCUT2D eigenvalue weighted by Gasteiger charge is 2.31. The number of hydroxylamine groups is 1. The van der Waals surface area contributed by atoms with E-state index in [1.807, 2.05) is 24.3 Å². The molecule has 1 aliphatic carbocycles. The number of halogens is 1. The maximum absolute atomic E-state index is 12.1. The van der Waals surface area contributed by atoms with Gasteiger partial charge in [0.15, 0.2) is 0 Å². The lowest BCUT2D eigenvalue weighted by Gasteiger charge is -2.22. The van der Waals surface area contributed by atoms with Gasteiger partial charge < -0.3 is 0 Å². The number of nitrogens with one attached hydrogen (secondary N) is 1. The van der Waals surface area contributed by atoms with Gasteiger partial charge in [-0.3, -0.25) is 9.63 Å². The highest BCUT2D eigenvalue weighted by molar-refractivity contribution is 6.30. The molecule has 0 radical (unpaired) electrons. The summed E-state index contributed by atoms with van der Waals surface area (Å²) in [6, 6.07) is 7.53. The molecule has 0 aromatic heterocycles. The Morgan fingerprint density at radius 3 is 2.50 bits per heavy atom. The molecule has 0 aliphatic heterocycles. The van der Waals surface area contributed by atoms with Crippen molar-refractivity contribution in [2.75, 3.05) is 7.11 Å². The van der Waals surface area contributed by atoms with Crippen LogP contribution in [0.3, 0.4) is 0 Å². The third-order valence-corrected chi connectivity index (χ3v) is 3.84. The number of carbonyl (C=O) groups is 1. The average molecular weight is 268 g/mol. The van der Waals surface area contributed by atoms with Gasteiger partial charge in [-0.25, -0.2) is 5.48 Å². The lowest BCUT2D eigenvalue weighted by molar-refractivity contribution is -0.134. The van der Waals surface area contributed by atoms with Crippen LogP contribution in [0.5, 0.6) is 0 Å². The topological polar surface area (TPSA) is 38.3 Å². The van der Waals surface area contributed by atoms with Crippen LogP contribution in [0.15, 0.2) is 24.3 Å². The van der Waals surface area contributed by atoms with E-state index in [1.54, 1.807) is 0 Å². The standard InChI is InChI=1S/C14H18ClNO2/c1-18-16-14(17)13(10-4-2-3-5-10)11-6-8-12(15)9-7-11/h6-10,13H,2-5H2,1H3,(H,16,17). The predicted molar refractivity (Wildman–Crippen MR) is 71.3 cm³/mol. The molecule has 1 amide bonds. The summed E-state index contributed by atoms with van der Waals surface area (Å²) in [6.07, 6.45) is 4.61. The van der Waals surface area contributed by atoms with E-state index >= 15 is 0 Å². The van der Waals surface area contributed by atoms with Crippen molar-refractivity contribution in [3.8, 4) is 0 Å². The summed E-state index contributed by atoms with van der Waals surface area (Å²) in [6.45, 7) is 0. The van der Waals surface area contributed by atoms with Crippen molar-refractivity contribution in [1.82, 2.24) is 5.48 Å². The number of hydrogen-bond acceptors (Lipinski definition) is 2. The summed E-state index contributed by atoms with van der Waals surface area (Å²) in [5, 5.41) is 0.691. The van der Waals surface area contributed by atoms with Crippen LogP contribution in [-0.4, -0.2) is 13.0 Å². The second-order valence-electron chi connectivity index (χ2n) is 4.74. The molecule has 4 heteroatoms. The molecule has 2 rings (SSSR count). The first-order chi connectivity index (χ1) is 8.72. The van der Waals surface area contributed by atoms with Crippen molar-refractivity contribution in [2.24, 2.45) is 5.92 Å². The summed E-state index contributed by atoms with van der Waals surface area (Å²) < 4.78 is 0. The van der Waals surface area contributed by atoms with Gasteiger partial charge in [0, 0.05) is 5.02 Å². The first kappa shape index (κ1) is 13.4. The average Bonchev–Trinajstić information content (AvgIpc) is 2.86. The van der Waals surface area contributed by atoms with Gasteiger partial charge in [-0.15, -0.1) is 0 Å². The molecule has 1 unspecified atom stereocenters. The van der Waals surface area contributed by atoms with E-state index in [2.05, 4.69) is 5.48 Å². The molecule has 3 nitrogen and oxygen atoms in total. The zero-order chi connectivity index (χ0) is 13.0. The lowest BCUT2D eigenvalue weighted by atomic mass is 9.84. The maximum Gasteiger partial charge on any atom is 0.251 e. The predicted octanol–water partition coefficient (Wildman–Crippen LogP) is 3.29. The molecular formula is C14H18ClNO2. The van der Waals surface area contributed by atoms with Crippen molar-refractivity contribution in [1.29, 1.82) is 0 Å². The Morgan fingerprint density at radius 2 is 1.94 bits per heavy atom. The van der Waals surface area contributed by atoms with Gasteiger partial charge in [0.1, 0.15) is 0 Å². The Hall–Kier alpha value is -1.06. The number of carbonyl (C=O) groups excluding carboxylic acids is 1. The zero-order valence-corrected chi connectivity index (χ0v) is 11.2. The Bertz CT molecular complexity index is 399. The van der Waals surface area contributed by atoms with Crippen molar-refractivity contribution in [3.63, 3.8) is 0 Å². The second-order valence-corrected chi connectivity index (χ2v) is 5.18. The van der Waals surface area contributed by atoms with E-state index in [-0.39, 0.29) is 11.8 Å². The van der Waals surface area contributed by atoms with E-state index in [9.17, 15) is 4.79 Å². The quantitative estimate of drug-likeness (QED) is 0.850. The first-order valence-corrected chi connectivity index (χ1v) is 6.68. The van der Waals surface area contributed by atoms with Crippen molar-refractivity contribution < 1.29 is 9.63 Å². The van der Waals surface area contributed by atoms with Gasteiger partial charge in [-0.2, -0.15) is 0 Å².